The van der Waals surface area contributed by atoms with Gasteiger partial charge >= 0.3 is 0 Å². The van der Waals surface area contributed by atoms with Gasteiger partial charge in [-0.3, -0.25) is 0 Å². The Labute approximate surface area is 102 Å². The predicted molar refractivity (Wildman–Crippen MR) is 68.6 cm³/mol. The highest BCUT2D eigenvalue weighted by Crippen LogP contribution is 2.16. The summed E-state index contributed by atoms with van der Waals surface area (Å²) in [5.41, 5.74) is 0. The van der Waals surface area contributed by atoms with E-state index in [0.29, 0.717) is 18.1 Å². The third-order valence-electron chi connectivity index (χ3n) is 3.29. The van der Waals surface area contributed by atoms with Gasteiger partial charge in [-0.05, 0) is 45.1 Å². The molecule has 1 fully saturated rings. The Balaban J connectivity index is 1.96. The molecule has 0 saturated carbocycles. The summed E-state index contributed by atoms with van der Waals surface area (Å²) in [7, 11) is 0. The molecule has 0 aromatic rings. The molecule has 1 rings (SSSR count). The Bertz CT molecular complexity index is 160. The van der Waals surface area contributed by atoms with Gasteiger partial charge in [0.25, 0.3) is 0 Å². The number of alkyl halides is 1. The summed E-state index contributed by atoms with van der Waals surface area (Å²) in [6.45, 7) is 6.64. The molecule has 0 radical (unpaired) electrons. The fourth-order valence-corrected chi connectivity index (χ4v) is 2.43. The molecule has 90 valence electrons. The van der Waals surface area contributed by atoms with Crippen LogP contribution in [0, 0.1) is 5.92 Å². The molecule has 3 atom stereocenters. The Kier molecular flexibility index (Phi) is 6.86. The summed E-state index contributed by atoms with van der Waals surface area (Å²) in [6.07, 6.45) is 5.55. The van der Waals surface area contributed by atoms with Crippen LogP contribution in [-0.4, -0.2) is 30.6 Å². The minimum Gasteiger partial charge on any atom is -0.378 e. The monoisotopic (exact) mass is 277 g/mol. The van der Waals surface area contributed by atoms with Crippen molar-refractivity contribution in [1.29, 1.82) is 0 Å². The van der Waals surface area contributed by atoms with Crippen LogP contribution in [0.3, 0.4) is 0 Å². The van der Waals surface area contributed by atoms with E-state index in [-0.39, 0.29) is 0 Å². The fraction of sp³-hybridized carbons (Fsp3) is 1.00. The quantitative estimate of drug-likeness (QED) is 0.571. The van der Waals surface area contributed by atoms with Gasteiger partial charge in [-0.15, -0.1) is 0 Å². The number of ether oxygens (including phenoxy) is 1. The van der Waals surface area contributed by atoms with Gasteiger partial charge in [-0.25, -0.2) is 0 Å². The molecule has 1 heterocycles. The number of halogens is 1. The summed E-state index contributed by atoms with van der Waals surface area (Å²) < 4.78 is 5.59. The molecular formula is C12H24BrNO. The maximum absolute atomic E-state index is 5.59. The molecule has 3 unspecified atom stereocenters. The molecule has 1 saturated heterocycles. The highest BCUT2D eigenvalue weighted by Gasteiger charge is 2.15. The number of rotatable bonds is 7. The van der Waals surface area contributed by atoms with Crippen molar-refractivity contribution >= 4 is 15.9 Å². The fourth-order valence-electron chi connectivity index (χ4n) is 1.87. The summed E-state index contributed by atoms with van der Waals surface area (Å²) in [4.78, 5) is 0. The second-order valence-electron chi connectivity index (χ2n) is 4.65. The van der Waals surface area contributed by atoms with Crippen LogP contribution in [0.1, 0.15) is 39.5 Å². The lowest BCUT2D eigenvalue weighted by molar-refractivity contribution is 0.102. The maximum Gasteiger partial charge on any atom is 0.0576 e. The lowest BCUT2D eigenvalue weighted by Gasteiger charge is -2.19. The highest BCUT2D eigenvalue weighted by molar-refractivity contribution is 9.09. The van der Waals surface area contributed by atoms with Gasteiger partial charge in [0.2, 0.25) is 0 Å². The van der Waals surface area contributed by atoms with Gasteiger partial charge in [0.15, 0.2) is 0 Å². The standard InChI is InChI=1S/C12H24BrNO/c1-10(9-13)11(2)14-7-3-5-12-6-4-8-15-12/h10-12,14H,3-9H2,1-2H3. The van der Waals surface area contributed by atoms with Crippen LogP contribution in [-0.2, 0) is 4.74 Å². The Morgan fingerprint density at radius 1 is 1.47 bits per heavy atom. The average molecular weight is 278 g/mol. The zero-order chi connectivity index (χ0) is 11.1. The van der Waals surface area contributed by atoms with E-state index in [1.807, 2.05) is 0 Å². The van der Waals surface area contributed by atoms with E-state index in [4.69, 9.17) is 4.74 Å². The molecule has 0 aliphatic carbocycles. The van der Waals surface area contributed by atoms with Crippen molar-refractivity contribution in [3.63, 3.8) is 0 Å². The van der Waals surface area contributed by atoms with Crippen molar-refractivity contribution < 1.29 is 4.74 Å². The Morgan fingerprint density at radius 3 is 2.87 bits per heavy atom. The minimum atomic E-state index is 0.552. The van der Waals surface area contributed by atoms with Gasteiger partial charge < -0.3 is 10.1 Å². The predicted octanol–water partition coefficient (Wildman–Crippen LogP) is 2.95. The SMILES string of the molecule is CC(CBr)C(C)NCCCC1CCCO1. The molecule has 0 bridgehead atoms. The third kappa shape index (κ3) is 5.32. The van der Waals surface area contributed by atoms with E-state index in [1.165, 1.54) is 25.7 Å². The van der Waals surface area contributed by atoms with E-state index in [0.717, 1.165) is 18.5 Å². The van der Waals surface area contributed by atoms with Crippen molar-refractivity contribution in [1.82, 2.24) is 5.32 Å². The van der Waals surface area contributed by atoms with Crippen LogP contribution < -0.4 is 5.32 Å². The van der Waals surface area contributed by atoms with Crippen LogP contribution in [0.15, 0.2) is 0 Å². The molecule has 15 heavy (non-hydrogen) atoms. The molecule has 0 aromatic carbocycles. The zero-order valence-corrected chi connectivity index (χ0v) is 11.6. The van der Waals surface area contributed by atoms with Gasteiger partial charge in [-0.2, -0.15) is 0 Å². The van der Waals surface area contributed by atoms with Crippen LogP contribution in [0.2, 0.25) is 0 Å². The van der Waals surface area contributed by atoms with Crippen LogP contribution in [0.25, 0.3) is 0 Å². The van der Waals surface area contributed by atoms with Gasteiger partial charge in [0, 0.05) is 18.0 Å². The minimum absolute atomic E-state index is 0.552. The Hall–Kier alpha value is 0.400. The number of hydrogen-bond acceptors (Lipinski definition) is 2. The van der Waals surface area contributed by atoms with E-state index >= 15 is 0 Å². The first-order chi connectivity index (χ1) is 7.24. The molecule has 1 aliphatic heterocycles. The van der Waals surface area contributed by atoms with Crippen molar-refractivity contribution in [2.24, 2.45) is 5.92 Å². The lowest BCUT2D eigenvalue weighted by Crippen LogP contribution is -2.33. The third-order valence-corrected chi connectivity index (χ3v) is 4.31. The molecule has 0 aromatic heterocycles. The Morgan fingerprint density at radius 2 is 2.27 bits per heavy atom. The second-order valence-corrected chi connectivity index (χ2v) is 5.30. The topological polar surface area (TPSA) is 21.3 Å². The number of hydrogen-bond donors (Lipinski definition) is 1. The van der Waals surface area contributed by atoms with Crippen LogP contribution in [0.5, 0.6) is 0 Å². The first kappa shape index (κ1) is 13.5. The molecule has 1 aliphatic rings. The van der Waals surface area contributed by atoms with Crippen molar-refractivity contribution in [2.75, 3.05) is 18.5 Å². The maximum atomic E-state index is 5.59. The smallest absolute Gasteiger partial charge is 0.0576 e. The molecule has 0 amide bonds. The first-order valence-corrected chi connectivity index (χ1v) is 7.27. The highest BCUT2D eigenvalue weighted by atomic mass is 79.9. The summed E-state index contributed by atoms with van der Waals surface area (Å²) in [6, 6.07) is 0.605. The molecule has 3 heteroatoms. The summed E-state index contributed by atoms with van der Waals surface area (Å²) >= 11 is 3.52. The average Bonchev–Trinajstić information content (AvgIpc) is 2.75. The lowest BCUT2D eigenvalue weighted by atomic mass is 10.1. The van der Waals surface area contributed by atoms with E-state index in [1.54, 1.807) is 0 Å². The van der Waals surface area contributed by atoms with Crippen molar-refractivity contribution in [2.45, 2.75) is 51.7 Å². The zero-order valence-electron chi connectivity index (χ0n) is 9.97. The number of nitrogens with one attached hydrogen (secondary N) is 1. The molecule has 2 nitrogen and oxygen atoms in total. The molecule has 0 spiro atoms. The van der Waals surface area contributed by atoms with E-state index < -0.39 is 0 Å². The van der Waals surface area contributed by atoms with Gasteiger partial charge in [0.1, 0.15) is 0 Å². The first-order valence-electron chi connectivity index (χ1n) is 6.15. The molecular weight excluding hydrogens is 254 g/mol. The van der Waals surface area contributed by atoms with E-state index in [2.05, 4.69) is 35.1 Å². The van der Waals surface area contributed by atoms with Crippen molar-refractivity contribution in [3.05, 3.63) is 0 Å². The second kappa shape index (κ2) is 7.64. The van der Waals surface area contributed by atoms with Gasteiger partial charge in [-0.1, -0.05) is 22.9 Å². The molecule has 1 N–H and O–H groups in total. The summed E-state index contributed by atoms with van der Waals surface area (Å²) in [5, 5.41) is 4.65. The van der Waals surface area contributed by atoms with Crippen LogP contribution >= 0.6 is 15.9 Å². The van der Waals surface area contributed by atoms with Gasteiger partial charge in [0.05, 0.1) is 6.10 Å². The van der Waals surface area contributed by atoms with Crippen LogP contribution in [0.4, 0.5) is 0 Å². The van der Waals surface area contributed by atoms with Crippen molar-refractivity contribution in [3.8, 4) is 0 Å². The van der Waals surface area contributed by atoms with E-state index in [9.17, 15) is 0 Å². The summed E-state index contributed by atoms with van der Waals surface area (Å²) in [5.74, 6) is 0.702. The normalized spacial score (nSPS) is 25.4. The largest absolute Gasteiger partial charge is 0.378 e.